The maximum atomic E-state index is 9.87. The van der Waals surface area contributed by atoms with Gasteiger partial charge in [-0.1, -0.05) is 23.4 Å². The van der Waals surface area contributed by atoms with E-state index in [1.807, 2.05) is 31.2 Å². The number of aromatic nitrogens is 1. The summed E-state index contributed by atoms with van der Waals surface area (Å²) in [7, 11) is 0. The van der Waals surface area contributed by atoms with Gasteiger partial charge in [0.05, 0.1) is 11.7 Å². The molecule has 0 aliphatic carbocycles. The van der Waals surface area contributed by atoms with Gasteiger partial charge < -0.3 is 9.63 Å². The second kappa shape index (κ2) is 5.05. The molecule has 1 saturated heterocycles. The third-order valence-electron chi connectivity index (χ3n) is 3.70. The molecule has 100 valence electrons. The smallest absolute Gasteiger partial charge is 0.154 e. The van der Waals surface area contributed by atoms with Gasteiger partial charge in [-0.2, -0.15) is 0 Å². The minimum absolute atomic E-state index is 0.279. The first-order chi connectivity index (χ1) is 9.24. The van der Waals surface area contributed by atoms with E-state index in [9.17, 15) is 5.11 Å². The summed E-state index contributed by atoms with van der Waals surface area (Å²) in [6.45, 7) is 3.71. The van der Waals surface area contributed by atoms with Crippen molar-refractivity contribution in [3.8, 4) is 5.75 Å². The molecule has 1 atom stereocenters. The Morgan fingerprint density at radius 3 is 3.00 bits per heavy atom. The summed E-state index contributed by atoms with van der Waals surface area (Å²) < 4.78 is 5.39. The molecule has 4 nitrogen and oxygen atoms in total. The third-order valence-corrected chi connectivity index (χ3v) is 3.70. The van der Waals surface area contributed by atoms with E-state index in [0.29, 0.717) is 5.75 Å². The molecule has 0 saturated carbocycles. The molecule has 0 amide bonds. The van der Waals surface area contributed by atoms with Crippen LogP contribution in [0.5, 0.6) is 5.75 Å². The Bertz CT molecular complexity index is 565. The van der Waals surface area contributed by atoms with Crippen LogP contribution in [0.15, 0.2) is 34.9 Å². The topological polar surface area (TPSA) is 49.5 Å². The van der Waals surface area contributed by atoms with E-state index in [0.717, 1.165) is 42.9 Å². The van der Waals surface area contributed by atoms with E-state index in [-0.39, 0.29) is 6.04 Å². The van der Waals surface area contributed by atoms with Crippen LogP contribution in [0.2, 0.25) is 0 Å². The molecule has 19 heavy (non-hydrogen) atoms. The van der Waals surface area contributed by atoms with Crippen LogP contribution in [0.25, 0.3) is 0 Å². The van der Waals surface area contributed by atoms with Crippen molar-refractivity contribution < 1.29 is 9.63 Å². The average Bonchev–Trinajstić information content (AvgIpc) is 3.01. The van der Waals surface area contributed by atoms with Crippen LogP contribution in [0.1, 0.15) is 35.9 Å². The van der Waals surface area contributed by atoms with Crippen LogP contribution in [-0.2, 0) is 6.54 Å². The maximum Gasteiger partial charge on any atom is 0.154 e. The summed E-state index contributed by atoms with van der Waals surface area (Å²) in [4.78, 5) is 2.34. The Kier molecular flexibility index (Phi) is 3.25. The lowest BCUT2D eigenvalue weighted by Crippen LogP contribution is -2.22. The predicted molar refractivity (Wildman–Crippen MR) is 71.7 cm³/mol. The zero-order valence-corrected chi connectivity index (χ0v) is 11.0. The minimum atomic E-state index is 0.279. The molecule has 1 aliphatic rings. The van der Waals surface area contributed by atoms with Gasteiger partial charge in [-0.3, -0.25) is 4.90 Å². The quantitative estimate of drug-likeness (QED) is 0.919. The zero-order valence-electron chi connectivity index (χ0n) is 11.0. The standard InChI is InChI=1S/C15H18N2O2/c1-11-9-15(19-16-11)13-6-4-8-17(13)10-12-5-2-3-7-14(12)18/h2-3,5,7,9,13,18H,4,6,8,10H2,1H3/t13-/m0/s1. The number of para-hydroxylation sites is 1. The van der Waals surface area contributed by atoms with Gasteiger partial charge in [-0.25, -0.2) is 0 Å². The maximum absolute atomic E-state index is 9.87. The number of likely N-dealkylation sites (tertiary alicyclic amines) is 1. The zero-order chi connectivity index (χ0) is 13.2. The Morgan fingerprint density at radius 2 is 2.26 bits per heavy atom. The summed E-state index contributed by atoms with van der Waals surface area (Å²) in [5.41, 5.74) is 1.88. The normalized spacial score (nSPS) is 19.9. The summed E-state index contributed by atoms with van der Waals surface area (Å²) in [6.07, 6.45) is 2.24. The van der Waals surface area contributed by atoms with Crippen LogP contribution >= 0.6 is 0 Å². The van der Waals surface area contributed by atoms with Gasteiger partial charge in [0, 0.05) is 18.2 Å². The Balaban J connectivity index is 1.79. The van der Waals surface area contributed by atoms with Crippen LogP contribution in [-0.4, -0.2) is 21.7 Å². The molecular weight excluding hydrogens is 240 g/mol. The molecule has 1 fully saturated rings. The van der Waals surface area contributed by atoms with Crippen LogP contribution in [0.4, 0.5) is 0 Å². The molecule has 2 aromatic rings. The molecule has 0 unspecified atom stereocenters. The number of phenols is 1. The number of aromatic hydroxyl groups is 1. The van der Waals surface area contributed by atoms with Gasteiger partial charge in [0.2, 0.25) is 0 Å². The number of hydrogen-bond donors (Lipinski definition) is 1. The van der Waals surface area contributed by atoms with E-state index in [2.05, 4.69) is 10.1 Å². The van der Waals surface area contributed by atoms with Crippen LogP contribution in [0.3, 0.4) is 0 Å². The highest BCUT2D eigenvalue weighted by Crippen LogP contribution is 2.34. The fraction of sp³-hybridized carbons (Fsp3) is 0.400. The molecule has 3 rings (SSSR count). The second-order valence-corrected chi connectivity index (χ2v) is 5.13. The molecule has 1 aromatic carbocycles. The molecule has 1 aromatic heterocycles. The molecule has 1 aliphatic heterocycles. The third kappa shape index (κ3) is 2.49. The van der Waals surface area contributed by atoms with Gasteiger partial charge in [-0.15, -0.1) is 0 Å². The fourth-order valence-electron chi connectivity index (χ4n) is 2.74. The first kappa shape index (κ1) is 12.2. The summed E-state index contributed by atoms with van der Waals surface area (Å²) in [5.74, 6) is 1.30. The highest BCUT2D eigenvalue weighted by atomic mass is 16.5. The lowest BCUT2D eigenvalue weighted by Gasteiger charge is -2.22. The number of benzene rings is 1. The van der Waals surface area contributed by atoms with Crippen molar-refractivity contribution in [3.05, 3.63) is 47.3 Å². The van der Waals surface area contributed by atoms with Gasteiger partial charge in [-0.05, 0) is 32.4 Å². The monoisotopic (exact) mass is 258 g/mol. The number of phenolic OH excluding ortho intramolecular Hbond substituents is 1. The molecule has 1 N–H and O–H groups in total. The van der Waals surface area contributed by atoms with Crippen molar-refractivity contribution in [2.45, 2.75) is 32.4 Å². The lowest BCUT2D eigenvalue weighted by molar-refractivity contribution is 0.204. The summed E-state index contributed by atoms with van der Waals surface area (Å²) in [5, 5.41) is 13.8. The predicted octanol–water partition coefficient (Wildman–Crippen LogP) is 3.03. The fourth-order valence-corrected chi connectivity index (χ4v) is 2.74. The van der Waals surface area contributed by atoms with Crippen LogP contribution in [0, 0.1) is 6.92 Å². The van der Waals surface area contributed by atoms with E-state index in [4.69, 9.17) is 4.52 Å². The van der Waals surface area contributed by atoms with E-state index < -0.39 is 0 Å². The Labute approximate surface area is 112 Å². The van der Waals surface area contributed by atoms with Crippen molar-refractivity contribution in [2.75, 3.05) is 6.54 Å². The van der Waals surface area contributed by atoms with E-state index in [1.54, 1.807) is 6.07 Å². The van der Waals surface area contributed by atoms with Crippen molar-refractivity contribution in [1.29, 1.82) is 0 Å². The van der Waals surface area contributed by atoms with E-state index >= 15 is 0 Å². The minimum Gasteiger partial charge on any atom is -0.508 e. The van der Waals surface area contributed by atoms with Gasteiger partial charge >= 0.3 is 0 Å². The Hall–Kier alpha value is -1.81. The molecular formula is C15H18N2O2. The molecule has 0 bridgehead atoms. The largest absolute Gasteiger partial charge is 0.508 e. The average molecular weight is 258 g/mol. The van der Waals surface area contributed by atoms with Crippen molar-refractivity contribution in [1.82, 2.24) is 10.1 Å². The summed E-state index contributed by atoms with van der Waals surface area (Å²) in [6, 6.07) is 9.79. The number of nitrogens with zero attached hydrogens (tertiary/aromatic N) is 2. The number of rotatable bonds is 3. The van der Waals surface area contributed by atoms with Gasteiger partial charge in [0.25, 0.3) is 0 Å². The SMILES string of the molecule is Cc1cc([C@@H]2CCCN2Cc2ccccc2O)on1. The van der Waals surface area contributed by atoms with Gasteiger partial charge in [0.15, 0.2) is 5.76 Å². The van der Waals surface area contributed by atoms with Gasteiger partial charge in [0.1, 0.15) is 5.75 Å². The molecule has 0 radical (unpaired) electrons. The Morgan fingerprint density at radius 1 is 1.42 bits per heavy atom. The first-order valence-corrected chi connectivity index (χ1v) is 6.68. The van der Waals surface area contributed by atoms with Crippen molar-refractivity contribution in [3.63, 3.8) is 0 Å². The van der Waals surface area contributed by atoms with E-state index in [1.165, 1.54) is 0 Å². The number of hydrogen-bond acceptors (Lipinski definition) is 4. The van der Waals surface area contributed by atoms with Crippen molar-refractivity contribution >= 4 is 0 Å². The highest BCUT2D eigenvalue weighted by Gasteiger charge is 2.29. The highest BCUT2D eigenvalue weighted by molar-refractivity contribution is 5.31. The van der Waals surface area contributed by atoms with Crippen molar-refractivity contribution in [2.24, 2.45) is 0 Å². The second-order valence-electron chi connectivity index (χ2n) is 5.13. The van der Waals surface area contributed by atoms with Crippen LogP contribution < -0.4 is 0 Å². The molecule has 0 spiro atoms. The lowest BCUT2D eigenvalue weighted by atomic mass is 10.1. The number of aryl methyl sites for hydroxylation is 1. The molecule has 4 heteroatoms. The summed E-state index contributed by atoms with van der Waals surface area (Å²) >= 11 is 0. The first-order valence-electron chi connectivity index (χ1n) is 6.68. The molecule has 2 heterocycles.